The van der Waals surface area contributed by atoms with E-state index in [1.807, 2.05) is 0 Å². The summed E-state index contributed by atoms with van der Waals surface area (Å²) in [6, 6.07) is 10.2. The molecule has 174 valence electrons. The molecule has 1 aliphatic rings. The van der Waals surface area contributed by atoms with Gasteiger partial charge in [-0.1, -0.05) is 18.2 Å². The fourth-order valence-electron chi connectivity index (χ4n) is 3.35. The Morgan fingerprint density at radius 2 is 1.78 bits per heavy atom. The molecule has 1 aliphatic heterocycles. The lowest BCUT2D eigenvalue weighted by atomic mass is 10.0. The van der Waals surface area contributed by atoms with Crippen LogP contribution in [-0.2, 0) is 26.0 Å². The molecule has 0 spiro atoms. The zero-order valence-corrected chi connectivity index (χ0v) is 20.1. The van der Waals surface area contributed by atoms with E-state index in [1.165, 1.54) is 11.3 Å². The van der Waals surface area contributed by atoms with Gasteiger partial charge in [-0.15, -0.1) is 11.3 Å². The van der Waals surface area contributed by atoms with Gasteiger partial charge in [0.05, 0.1) is 6.42 Å². The summed E-state index contributed by atoms with van der Waals surface area (Å²) in [5.74, 6) is -0.00239. The highest BCUT2D eigenvalue weighted by Gasteiger charge is 2.27. The maximum Gasteiger partial charge on any atom is 0.412 e. The molecular formula is C22H29N3O5S2. The van der Waals surface area contributed by atoms with Crippen molar-refractivity contribution in [2.75, 3.05) is 18.4 Å². The predicted molar refractivity (Wildman–Crippen MR) is 124 cm³/mol. The zero-order valence-electron chi connectivity index (χ0n) is 18.5. The number of benzene rings is 1. The second-order valence-corrected chi connectivity index (χ2v) is 11.6. The minimum Gasteiger partial charge on any atom is -0.444 e. The Hall–Kier alpha value is -2.43. The van der Waals surface area contributed by atoms with Crippen LogP contribution in [0.5, 0.6) is 0 Å². The molecule has 32 heavy (non-hydrogen) atoms. The Balaban J connectivity index is 1.46. The van der Waals surface area contributed by atoms with Crippen LogP contribution in [-0.4, -0.2) is 50.1 Å². The molecule has 10 heteroatoms. The maximum atomic E-state index is 12.7. The highest BCUT2D eigenvalue weighted by atomic mass is 32.2. The number of hydrogen-bond acceptors (Lipinski definition) is 6. The highest BCUT2D eigenvalue weighted by Crippen LogP contribution is 2.20. The number of sulfonamides is 1. The lowest BCUT2D eigenvalue weighted by Crippen LogP contribution is -2.46. The number of anilines is 1. The molecule has 0 atom stereocenters. The SMILES string of the molecule is CC(C)(C)OC(=O)Nc1ccc(CC(=O)N2CCC(NS(=O)(=O)c3cccs3)CC2)cc1. The number of likely N-dealkylation sites (tertiary alicyclic amines) is 1. The lowest BCUT2D eigenvalue weighted by molar-refractivity contribution is -0.131. The summed E-state index contributed by atoms with van der Waals surface area (Å²) in [6.07, 6.45) is 0.876. The van der Waals surface area contributed by atoms with Crippen LogP contribution in [0.1, 0.15) is 39.2 Å². The van der Waals surface area contributed by atoms with Gasteiger partial charge in [-0.3, -0.25) is 10.1 Å². The molecule has 3 rings (SSSR count). The number of hydrogen-bond donors (Lipinski definition) is 2. The summed E-state index contributed by atoms with van der Waals surface area (Å²) in [4.78, 5) is 26.3. The van der Waals surface area contributed by atoms with Gasteiger partial charge in [0.1, 0.15) is 9.81 Å². The first-order chi connectivity index (χ1) is 15.0. The molecule has 1 saturated heterocycles. The van der Waals surface area contributed by atoms with E-state index >= 15 is 0 Å². The molecule has 2 aromatic rings. The van der Waals surface area contributed by atoms with Crippen molar-refractivity contribution in [3.63, 3.8) is 0 Å². The Labute approximate surface area is 193 Å². The minimum absolute atomic E-state index is 0.00239. The quantitative estimate of drug-likeness (QED) is 0.659. The van der Waals surface area contributed by atoms with Gasteiger partial charge in [0.2, 0.25) is 15.9 Å². The average Bonchev–Trinajstić information content (AvgIpc) is 3.24. The van der Waals surface area contributed by atoms with Crippen molar-refractivity contribution in [2.24, 2.45) is 0 Å². The van der Waals surface area contributed by atoms with Crippen molar-refractivity contribution >= 4 is 39.0 Å². The first-order valence-corrected chi connectivity index (χ1v) is 12.8. The van der Waals surface area contributed by atoms with Gasteiger partial charge >= 0.3 is 6.09 Å². The number of carbonyl (C=O) groups excluding carboxylic acids is 2. The van der Waals surface area contributed by atoms with Crippen LogP contribution in [0.2, 0.25) is 0 Å². The average molecular weight is 480 g/mol. The molecular weight excluding hydrogens is 450 g/mol. The van der Waals surface area contributed by atoms with Gasteiger partial charge in [-0.05, 0) is 62.8 Å². The molecule has 1 fully saturated rings. The zero-order chi connectivity index (χ0) is 23.4. The molecule has 0 radical (unpaired) electrons. The Morgan fingerprint density at radius 1 is 1.12 bits per heavy atom. The van der Waals surface area contributed by atoms with Crippen LogP contribution in [0, 0.1) is 0 Å². The summed E-state index contributed by atoms with van der Waals surface area (Å²) in [7, 11) is -3.50. The fraction of sp³-hybridized carbons (Fsp3) is 0.455. The summed E-state index contributed by atoms with van der Waals surface area (Å²) in [5.41, 5.74) is 0.854. The van der Waals surface area contributed by atoms with E-state index < -0.39 is 21.7 Å². The van der Waals surface area contributed by atoms with Crippen molar-refractivity contribution in [3.05, 3.63) is 47.3 Å². The van der Waals surface area contributed by atoms with Gasteiger partial charge in [0, 0.05) is 24.8 Å². The number of nitrogens with zero attached hydrogens (tertiary/aromatic N) is 1. The van der Waals surface area contributed by atoms with Crippen molar-refractivity contribution in [1.82, 2.24) is 9.62 Å². The number of carbonyl (C=O) groups is 2. The third kappa shape index (κ3) is 7.04. The Bertz CT molecular complexity index is 1020. The van der Waals surface area contributed by atoms with Crippen LogP contribution in [0.15, 0.2) is 46.0 Å². The standard InChI is InChI=1S/C22H29N3O5S2/c1-22(2,3)30-21(27)23-17-8-6-16(7-9-17)15-19(26)25-12-10-18(11-13-25)24-32(28,29)20-5-4-14-31-20/h4-9,14,18,24H,10-13,15H2,1-3H3,(H,23,27). The number of ether oxygens (including phenoxy) is 1. The van der Waals surface area contributed by atoms with E-state index in [9.17, 15) is 18.0 Å². The molecule has 2 N–H and O–H groups in total. The van der Waals surface area contributed by atoms with Crippen LogP contribution in [0.4, 0.5) is 10.5 Å². The molecule has 1 aromatic carbocycles. The van der Waals surface area contributed by atoms with Gasteiger partial charge in [0.25, 0.3) is 0 Å². The number of piperidine rings is 1. The second kappa shape index (κ2) is 10.0. The summed E-state index contributed by atoms with van der Waals surface area (Å²) in [6.45, 7) is 6.40. The summed E-state index contributed by atoms with van der Waals surface area (Å²) >= 11 is 1.19. The normalized spacial score (nSPS) is 15.4. The van der Waals surface area contributed by atoms with E-state index in [-0.39, 0.29) is 18.4 Å². The summed E-state index contributed by atoms with van der Waals surface area (Å²) < 4.78 is 33.0. The van der Waals surface area contributed by atoms with Gasteiger partial charge in [-0.25, -0.2) is 17.9 Å². The Kier molecular flexibility index (Phi) is 7.58. The highest BCUT2D eigenvalue weighted by molar-refractivity contribution is 7.91. The van der Waals surface area contributed by atoms with Crippen LogP contribution in [0.25, 0.3) is 0 Å². The van der Waals surface area contributed by atoms with E-state index in [2.05, 4.69) is 10.0 Å². The first-order valence-electron chi connectivity index (χ1n) is 10.4. The van der Waals surface area contributed by atoms with E-state index in [0.29, 0.717) is 35.8 Å². The Morgan fingerprint density at radius 3 is 2.34 bits per heavy atom. The van der Waals surface area contributed by atoms with Crippen LogP contribution >= 0.6 is 11.3 Å². The van der Waals surface area contributed by atoms with Crippen molar-refractivity contribution in [1.29, 1.82) is 0 Å². The predicted octanol–water partition coefficient (Wildman–Crippen LogP) is 3.61. The van der Waals surface area contributed by atoms with E-state index in [0.717, 1.165) is 5.56 Å². The maximum absolute atomic E-state index is 12.7. The largest absolute Gasteiger partial charge is 0.444 e. The molecule has 0 unspecified atom stereocenters. The lowest BCUT2D eigenvalue weighted by Gasteiger charge is -2.32. The van der Waals surface area contributed by atoms with E-state index in [4.69, 9.17) is 4.74 Å². The third-order valence-corrected chi connectivity index (χ3v) is 7.80. The van der Waals surface area contributed by atoms with Crippen LogP contribution < -0.4 is 10.0 Å². The number of thiophene rings is 1. The van der Waals surface area contributed by atoms with Gasteiger partial charge in [0.15, 0.2) is 0 Å². The number of rotatable bonds is 6. The number of amides is 2. The third-order valence-electron chi connectivity index (χ3n) is 4.88. The topological polar surface area (TPSA) is 105 Å². The van der Waals surface area contributed by atoms with Gasteiger partial charge in [-0.2, -0.15) is 0 Å². The molecule has 2 amide bonds. The smallest absolute Gasteiger partial charge is 0.412 e. The molecule has 2 heterocycles. The molecule has 0 bridgehead atoms. The molecule has 0 aliphatic carbocycles. The molecule has 1 aromatic heterocycles. The fourth-order valence-corrected chi connectivity index (χ4v) is 5.67. The number of nitrogens with one attached hydrogen (secondary N) is 2. The van der Waals surface area contributed by atoms with Gasteiger partial charge < -0.3 is 9.64 Å². The van der Waals surface area contributed by atoms with Crippen LogP contribution in [0.3, 0.4) is 0 Å². The minimum atomic E-state index is -3.50. The first kappa shape index (κ1) is 24.2. The molecule has 8 nitrogen and oxygen atoms in total. The van der Waals surface area contributed by atoms with E-state index in [1.54, 1.807) is 67.4 Å². The molecule has 0 saturated carbocycles. The van der Waals surface area contributed by atoms with Crippen molar-refractivity contribution < 1.29 is 22.7 Å². The monoisotopic (exact) mass is 479 g/mol. The van der Waals surface area contributed by atoms with Crippen molar-refractivity contribution in [3.8, 4) is 0 Å². The van der Waals surface area contributed by atoms with Crippen molar-refractivity contribution in [2.45, 2.75) is 55.9 Å². The second-order valence-electron chi connectivity index (χ2n) is 8.71. The summed E-state index contributed by atoms with van der Waals surface area (Å²) in [5, 5.41) is 4.40.